The van der Waals surface area contributed by atoms with E-state index in [4.69, 9.17) is 0 Å². The maximum atomic E-state index is 9.28. The van der Waals surface area contributed by atoms with Gasteiger partial charge in [-0.2, -0.15) is 0 Å². The fourth-order valence-electron chi connectivity index (χ4n) is 1.52. The van der Waals surface area contributed by atoms with E-state index in [2.05, 4.69) is 27.7 Å². The minimum absolute atomic E-state index is 0.456. The van der Waals surface area contributed by atoms with Gasteiger partial charge < -0.3 is 0 Å². The first-order valence-electron chi connectivity index (χ1n) is 4.76. The normalized spacial score (nSPS) is 11.2. The standard InChI is InChI=1S/C11H18NO/c1-8(2)10-5-6-12(13)7-11(10)9(3)4/h5-9,13H,1-4H3/q+1. The van der Waals surface area contributed by atoms with Gasteiger partial charge >= 0.3 is 0 Å². The van der Waals surface area contributed by atoms with E-state index in [1.807, 2.05) is 6.07 Å². The summed E-state index contributed by atoms with van der Waals surface area (Å²) in [6, 6.07) is 1.99. The molecule has 0 saturated carbocycles. The number of rotatable bonds is 2. The largest absolute Gasteiger partial charge is 0.285 e. The van der Waals surface area contributed by atoms with E-state index in [1.165, 1.54) is 11.1 Å². The van der Waals surface area contributed by atoms with Gasteiger partial charge in [0.25, 0.3) is 0 Å². The second-order valence-corrected chi connectivity index (χ2v) is 4.04. The van der Waals surface area contributed by atoms with Crippen LogP contribution < -0.4 is 4.73 Å². The van der Waals surface area contributed by atoms with Gasteiger partial charge in [-0.05, 0) is 17.4 Å². The number of nitrogens with zero attached hydrogens (tertiary/aromatic N) is 1. The molecule has 0 unspecified atom stereocenters. The maximum Gasteiger partial charge on any atom is 0.225 e. The first-order chi connectivity index (χ1) is 6.02. The van der Waals surface area contributed by atoms with Gasteiger partial charge in [-0.3, -0.25) is 5.21 Å². The molecule has 1 N–H and O–H groups in total. The Morgan fingerprint density at radius 1 is 1.08 bits per heavy atom. The smallest absolute Gasteiger partial charge is 0.225 e. The van der Waals surface area contributed by atoms with E-state index in [-0.39, 0.29) is 0 Å². The molecule has 1 aromatic rings. The number of hydrogen-bond donors (Lipinski definition) is 1. The minimum Gasteiger partial charge on any atom is -0.285 e. The van der Waals surface area contributed by atoms with Crippen molar-refractivity contribution in [3.8, 4) is 0 Å². The molecule has 2 heteroatoms. The van der Waals surface area contributed by atoms with Crippen molar-refractivity contribution in [2.45, 2.75) is 39.5 Å². The molecule has 0 aliphatic carbocycles. The summed E-state index contributed by atoms with van der Waals surface area (Å²) in [7, 11) is 0. The Kier molecular flexibility index (Phi) is 2.91. The molecular weight excluding hydrogens is 162 g/mol. The molecule has 72 valence electrons. The fraction of sp³-hybridized carbons (Fsp3) is 0.545. The lowest BCUT2D eigenvalue weighted by Crippen LogP contribution is -2.30. The highest BCUT2D eigenvalue weighted by Crippen LogP contribution is 2.23. The zero-order valence-electron chi connectivity index (χ0n) is 8.78. The third-order valence-electron chi connectivity index (χ3n) is 2.26. The van der Waals surface area contributed by atoms with Crippen LogP contribution in [0.25, 0.3) is 0 Å². The van der Waals surface area contributed by atoms with Crippen molar-refractivity contribution in [2.24, 2.45) is 0 Å². The van der Waals surface area contributed by atoms with E-state index < -0.39 is 0 Å². The van der Waals surface area contributed by atoms with Gasteiger partial charge in [-0.15, -0.1) is 0 Å². The molecule has 0 atom stereocenters. The zero-order chi connectivity index (χ0) is 10.0. The van der Waals surface area contributed by atoms with E-state index in [1.54, 1.807) is 12.4 Å². The van der Waals surface area contributed by atoms with Gasteiger partial charge in [0.1, 0.15) is 0 Å². The second kappa shape index (κ2) is 3.77. The van der Waals surface area contributed by atoms with Crippen molar-refractivity contribution in [3.63, 3.8) is 0 Å². The van der Waals surface area contributed by atoms with Crippen LogP contribution in [0.3, 0.4) is 0 Å². The Hall–Kier alpha value is -1.05. The van der Waals surface area contributed by atoms with Crippen molar-refractivity contribution in [1.29, 1.82) is 0 Å². The molecule has 2 nitrogen and oxygen atoms in total. The van der Waals surface area contributed by atoms with Crippen LogP contribution in [0, 0.1) is 0 Å². The monoisotopic (exact) mass is 180 g/mol. The zero-order valence-corrected chi connectivity index (χ0v) is 8.78. The number of pyridine rings is 1. The molecule has 13 heavy (non-hydrogen) atoms. The highest BCUT2D eigenvalue weighted by molar-refractivity contribution is 5.26. The van der Waals surface area contributed by atoms with Gasteiger partial charge in [0.05, 0.1) is 0 Å². The summed E-state index contributed by atoms with van der Waals surface area (Å²) in [5, 5.41) is 9.28. The first kappa shape index (κ1) is 10.0. The Morgan fingerprint density at radius 2 is 1.62 bits per heavy atom. The SMILES string of the molecule is CC(C)c1cc[n+](O)cc1C(C)C. The van der Waals surface area contributed by atoms with E-state index >= 15 is 0 Å². The van der Waals surface area contributed by atoms with Crippen LogP contribution in [-0.4, -0.2) is 5.21 Å². The Morgan fingerprint density at radius 3 is 2.08 bits per heavy atom. The quantitative estimate of drug-likeness (QED) is 0.548. The molecule has 0 aliphatic rings. The predicted molar refractivity (Wildman–Crippen MR) is 52.0 cm³/mol. The van der Waals surface area contributed by atoms with Crippen molar-refractivity contribution in [1.82, 2.24) is 0 Å². The van der Waals surface area contributed by atoms with Crippen LogP contribution in [0.15, 0.2) is 18.5 Å². The average Bonchev–Trinajstić information content (AvgIpc) is 2.03. The molecular formula is C11H18NO+. The van der Waals surface area contributed by atoms with Crippen molar-refractivity contribution in [2.75, 3.05) is 0 Å². The van der Waals surface area contributed by atoms with Crippen molar-refractivity contribution >= 4 is 0 Å². The molecule has 0 amide bonds. The summed E-state index contributed by atoms with van der Waals surface area (Å²) >= 11 is 0. The summed E-state index contributed by atoms with van der Waals surface area (Å²) < 4.78 is 1.13. The van der Waals surface area contributed by atoms with Crippen LogP contribution in [0.5, 0.6) is 0 Å². The highest BCUT2D eigenvalue weighted by atomic mass is 16.5. The summed E-state index contributed by atoms with van der Waals surface area (Å²) in [4.78, 5) is 0. The van der Waals surface area contributed by atoms with Crippen molar-refractivity contribution < 1.29 is 9.94 Å². The van der Waals surface area contributed by atoms with Crippen LogP contribution in [-0.2, 0) is 0 Å². The summed E-state index contributed by atoms with van der Waals surface area (Å²) in [6.45, 7) is 8.62. The number of aromatic nitrogens is 1. The molecule has 1 heterocycles. The molecule has 0 spiro atoms. The Bertz CT molecular complexity index is 292. The van der Waals surface area contributed by atoms with Crippen LogP contribution >= 0.6 is 0 Å². The Balaban J connectivity index is 3.19. The van der Waals surface area contributed by atoms with Crippen LogP contribution in [0.4, 0.5) is 0 Å². The van der Waals surface area contributed by atoms with Crippen molar-refractivity contribution in [3.05, 3.63) is 29.6 Å². The maximum absolute atomic E-state index is 9.28. The molecule has 0 radical (unpaired) electrons. The molecule has 0 aromatic carbocycles. The lowest BCUT2D eigenvalue weighted by atomic mass is 9.93. The third-order valence-corrected chi connectivity index (χ3v) is 2.26. The van der Waals surface area contributed by atoms with E-state index in [9.17, 15) is 5.21 Å². The predicted octanol–water partition coefficient (Wildman–Crippen LogP) is 2.46. The topological polar surface area (TPSA) is 24.1 Å². The van der Waals surface area contributed by atoms with E-state index in [0.29, 0.717) is 11.8 Å². The lowest BCUT2D eigenvalue weighted by Gasteiger charge is -2.12. The second-order valence-electron chi connectivity index (χ2n) is 4.04. The summed E-state index contributed by atoms with van der Waals surface area (Å²) in [5.74, 6) is 0.968. The molecule has 1 rings (SSSR count). The van der Waals surface area contributed by atoms with Crippen LogP contribution in [0.1, 0.15) is 50.7 Å². The molecule has 0 aliphatic heterocycles. The Labute approximate surface area is 79.8 Å². The van der Waals surface area contributed by atoms with Gasteiger partial charge in [-0.1, -0.05) is 27.7 Å². The number of hydrogen-bond acceptors (Lipinski definition) is 1. The lowest BCUT2D eigenvalue weighted by molar-refractivity contribution is -0.905. The minimum atomic E-state index is 0.456. The van der Waals surface area contributed by atoms with Gasteiger partial charge in [-0.25, -0.2) is 0 Å². The average molecular weight is 180 g/mol. The molecule has 0 fully saturated rings. The van der Waals surface area contributed by atoms with Gasteiger partial charge in [0.2, 0.25) is 12.4 Å². The molecule has 0 bridgehead atoms. The van der Waals surface area contributed by atoms with Gasteiger partial charge in [0, 0.05) is 16.4 Å². The molecule has 0 saturated heterocycles. The summed E-state index contributed by atoms with van der Waals surface area (Å²) in [6.07, 6.45) is 3.47. The van der Waals surface area contributed by atoms with Crippen LogP contribution in [0.2, 0.25) is 0 Å². The first-order valence-corrected chi connectivity index (χ1v) is 4.76. The fourth-order valence-corrected chi connectivity index (χ4v) is 1.52. The third kappa shape index (κ3) is 2.20. The summed E-state index contributed by atoms with van der Waals surface area (Å²) in [5.41, 5.74) is 2.54. The van der Waals surface area contributed by atoms with E-state index in [0.717, 1.165) is 4.73 Å². The van der Waals surface area contributed by atoms with Gasteiger partial charge in [0.15, 0.2) is 0 Å². The molecule has 1 aromatic heterocycles. The highest BCUT2D eigenvalue weighted by Gasteiger charge is 2.14.